The Hall–Kier alpha value is -1.58. The molecule has 0 saturated heterocycles. The van der Waals surface area contributed by atoms with Crippen LogP contribution in [-0.2, 0) is 4.79 Å². The van der Waals surface area contributed by atoms with Crippen molar-refractivity contribution in [2.75, 3.05) is 6.61 Å². The van der Waals surface area contributed by atoms with Crippen LogP contribution in [0.1, 0.15) is 31.7 Å². The maximum atomic E-state index is 10.6. The summed E-state index contributed by atoms with van der Waals surface area (Å²) in [5.74, 6) is -0.173. The Balaban J connectivity index is 2.86. The van der Waals surface area contributed by atoms with E-state index in [0.717, 1.165) is 11.3 Å². The van der Waals surface area contributed by atoms with E-state index in [0.29, 0.717) is 6.61 Å². The van der Waals surface area contributed by atoms with Gasteiger partial charge < -0.3 is 9.84 Å². The van der Waals surface area contributed by atoms with Crippen molar-refractivity contribution in [3.05, 3.63) is 24.0 Å². The summed E-state index contributed by atoms with van der Waals surface area (Å²) in [6, 6.07) is 1.76. The first-order valence-electron chi connectivity index (χ1n) is 4.93. The summed E-state index contributed by atoms with van der Waals surface area (Å²) in [5.41, 5.74) is 0.849. The van der Waals surface area contributed by atoms with E-state index in [1.165, 1.54) is 0 Å². The maximum absolute atomic E-state index is 10.6. The van der Waals surface area contributed by atoms with Gasteiger partial charge in [0, 0.05) is 18.0 Å². The van der Waals surface area contributed by atoms with Gasteiger partial charge in [-0.1, -0.05) is 6.92 Å². The van der Waals surface area contributed by atoms with Crippen molar-refractivity contribution in [3.63, 3.8) is 0 Å². The molecule has 0 spiro atoms. The molecule has 0 radical (unpaired) electrons. The van der Waals surface area contributed by atoms with Gasteiger partial charge in [0.25, 0.3) is 0 Å². The van der Waals surface area contributed by atoms with Gasteiger partial charge in [0.2, 0.25) is 0 Å². The second kappa shape index (κ2) is 5.34. The summed E-state index contributed by atoms with van der Waals surface area (Å²) in [5, 5.41) is 8.70. The molecule has 1 heterocycles. The molecule has 15 heavy (non-hydrogen) atoms. The van der Waals surface area contributed by atoms with Crippen LogP contribution in [0.2, 0.25) is 0 Å². The highest BCUT2D eigenvalue weighted by Gasteiger charge is 2.14. The number of carbonyl (C=O) groups is 1. The molecule has 4 heteroatoms. The number of hydrogen-bond acceptors (Lipinski definition) is 3. The van der Waals surface area contributed by atoms with E-state index in [9.17, 15) is 4.79 Å². The summed E-state index contributed by atoms with van der Waals surface area (Å²) in [4.78, 5) is 14.6. The van der Waals surface area contributed by atoms with Crippen molar-refractivity contribution in [2.45, 2.75) is 26.2 Å². The van der Waals surface area contributed by atoms with Crippen molar-refractivity contribution in [2.24, 2.45) is 0 Å². The molecule has 0 aromatic carbocycles. The summed E-state index contributed by atoms with van der Waals surface area (Å²) in [7, 11) is 0. The molecule has 0 saturated carbocycles. The second-order valence-electron chi connectivity index (χ2n) is 3.35. The predicted molar refractivity (Wildman–Crippen MR) is 56.1 cm³/mol. The Labute approximate surface area is 88.9 Å². The summed E-state index contributed by atoms with van der Waals surface area (Å²) in [6.07, 6.45) is 3.40. The van der Waals surface area contributed by atoms with Gasteiger partial charge in [-0.3, -0.25) is 9.78 Å². The molecule has 1 atom stereocenters. The van der Waals surface area contributed by atoms with Crippen LogP contribution in [-0.4, -0.2) is 22.7 Å². The highest BCUT2D eigenvalue weighted by atomic mass is 16.5. The van der Waals surface area contributed by atoms with Crippen molar-refractivity contribution in [1.82, 2.24) is 4.98 Å². The fraction of sp³-hybridized carbons (Fsp3) is 0.455. The highest BCUT2D eigenvalue weighted by molar-refractivity contribution is 5.68. The topological polar surface area (TPSA) is 59.4 Å². The zero-order valence-electron chi connectivity index (χ0n) is 8.93. The number of aromatic nitrogens is 1. The maximum Gasteiger partial charge on any atom is 0.303 e. The molecule has 0 aliphatic rings. The first-order valence-corrected chi connectivity index (χ1v) is 4.93. The lowest BCUT2D eigenvalue weighted by molar-refractivity contribution is -0.137. The van der Waals surface area contributed by atoms with E-state index >= 15 is 0 Å². The smallest absolute Gasteiger partial charge is 0.303 e. The van der Waals surface area contributed by atoms with Gasteiger partial charge >= 0.3 is 5.97 Å². The Morgan fingerprint density at radius 2 is 2.40 bits per heavy atom. The quantitative estimate of drug-likeness (QED) is 0.806. The molecule has 82 valence electrons. The fourth-order valence-electron chi connectivity index (χ4n) is 1.42. The van der Waals surface area contributed by atoms with Crippen molar-refractivity contribution in [3.8, 4) is 5.75 Å². The standard InChI is InChI=1S/C11H15NO3/c1-3-15-10-4-5-12-7-9(10)8(2)6-11(13)14/h4-5,7-8H,3,6H2,1-2H3,(H,13,14). The monoisotopic (exact) mass is 209 g/mol. The molecule has 0 amide bonds. The van der Waals surface area contributed by atoms with Crippen molar-refractivity contribution >= 4 is 5.97 Å². The lowest BCUT2D eigenvalue weighted by Gasteiger charge is -2.13. The Kier molecular flexibility index (Phi) is 4.09. The fourth-order valence-corrected chi connectivity index (χ4v) is 1.42. The number of carboxylic acids is 1. The number of ether oxygens (including phenoxy) is 1. The number of hydrogen-bond donors (Lipinski definition) is 1. The van der Waals surface area contributed by atoms with Crippen molar-refractivity contribution < 1.29 is 14.6 Å². The molecule has 1 aromatic heterocycles. The molecule has 4 nitrogen and oxygen atoms in total. The molecular weight excluding hydrogens is 194 g/mol. The second-order valence-corrected chi connectivity index (χ2v) is 3.35. The lowest BCUT2D eigenvalue weighted by Crippen LogP contribution is -2.06. The van der Waals surface area contributed by atoms with Crippen LogP contribution in [0, 0.1) is 0 Å². The first-order chi connectivity index (χ1) is 7.15. The highest BCUT2D eigenvalue weighted by Crippen LogP contribution is 2.27. The third-order valence-electron chi connectivity index (χ3n) is 2.12. The van der Waals surface area contributed by atoms with Gasteiger partial charge in [-0.2, -0.15) is 0 Å². The minimum absolute atomic E-state index is 0.0854. The van der Waals surface area contributed by atoms with Crippen molar-refractivity contribution in [1.29, 1.82) is 0 Å². The van der Waals surface area contributed by atoms with Gasteiger partial charge in [-0.25, -0.2) is 0 Å². The molecule has 0 aliphatic carbocycles. The van der Waals surface area contributed by atoms with Gasteiger partial charge in [-0.15, -0.1) is 0 Å². The molecule has 1 rings (SSSR count). The number of pyridine rings is 1. The zero-order valence-corrected chi connectivity index (χ0v) is 8.93. The molecule has 1 unspecified atom stereocenters. The molecule has 0 fully saturated rings. The minimum atomic E-state index is -0.811. The average molecular weight is 209 g/mol. The van der Waals surface area contributed by atoms with Crippen LogP contribution in [0.3, 0.4) is 0 Å². The van der Waals surface area contributed by atoms with Crippen LogP contribution in [0.5, 0.6) is 5.75 Å². The van der Waals surface area contributed by atoms with E-state index in [-0.39, 0.29) is 12.3 Å². The third kappa shape index (κ3) is 3.23. The molecular formula is C11H15NO3. The largest absolute Gasteiger partial charge is 0.493 e. The van der Waals surface area contributed by atoms with Gasteiger partial charge in [0.15, 0.2) is 0 Å². The SMILES string of the molecule is CCOc1ccncc1C(C)CC(=O)O. The van der Waals surface area contributed by atoms with Gasteiger partial charge in [0.1, 0.15) is 5.75 Å². The minimum Gasteiger partial charge on any atom is -0.493 e. The molecule has 0 aliphatic heterocycles. The Bertz CT molecular complexity index is 338. The Morgan fingerprint density at radius 3 is 3.00 bits per heavy atom. The first kappa shape index (κ1) is 11.5. The van der Waals surface area contributed by atoms with Gasteiger partial charge in [0.05, 0.1) is 13.0 Å². The average Bonchev–Trinajstić information content (AvgIpc) is 2.18. The predicted octanol–water partition coefficient (Wildman–Crippen LogP) is 2.06. The van der Waals surface area contributed by atoms with E-state index in [1.54, 1.807) is 18.5 Å². The van der Waals surface area contributed by atoms with E-state index in [2.05, 4.69) is 4.98 Å². The van der Waals surface area contributed by atoms with E-state index in [4.69, 9.17) is 9.84 Å². The Morgan fingerprint density at radius 1 is 1.67 bits per heavy atom. The van der Waals surface area contributed by atoms with Gasteiger partial charge in [-0.05, 0) is 18.9 Å². The van der Waals surface area contributed by atoms with E-state index in [1.807, 2.05) is 13.8 Å². The third-order valence-corrected chi connectivity index (χ3v) is 2.12. The lowest BCUT2D eigenvalue weighted by atomic mass is 9.99. The van der Waals surface area contributed by atoms with Crippen LogP contribution in [0.25, 0.3) is 0 Å². The molecule has 0 bridgehead atoms. The van der Waals surface area contributed by atoms with Crippen LogP contribution in [0.4, 0.5) is 0 Å². The molecule has 1 aromatic rings. The van der Waals surface area contributed by atoms with Crippen LogP contribution < -0.4 is 4.74 Å². The number of rotatable bonds is 5. The van der Waals surface area contributed by atoms with Crippen LogP contribution in [0.15, 0.2) is 18.5 Å². The van der Waals surface area contributed by atoms with Crippen LogP contribution >= 0.6 is 0 Å². The number of aliphatic carboxylic acids is 1. The summed E-state index contributed by atoms with van der Waals surface area (Å²) >= 11 is 0. The summed E-state index contributed by atoms with van der Waals surface area (Å²) in [6.45, 7) is 4.32. The number of nitrogens with zero attached hydrogens (tertiary/aromatic N) is 1. The van der Waals surface area contributed by atoms with E-state index < -0.39 is 5.97 Å². The summed E-state index contributed by atoms with van der Waals surface area (Å²) < 4.78 is 5.41. The zero-order chi connectivity index (χ0) is 11.3. The number of carboxylic acid groups (broad SMARTS) is 1. The molecule has 1 N–H and O–H groups in total. The normalized spacial score (nSPS) is 12.1.